The minimum Gasteiger partial charge on any atom is -0.520 e. The van der Waals surface area contributed by atoms with Crippen molar-refractivity contribution >= 4 is 11.9 Å². The van der Waals surface area contributed by atoms with Crippen molar-refractivity contribution in [2.45, 2.75) is 13.8 Å². The Morgan fingerprint density at radius 2 is 1.18 bits per heavy atom. The molecule has 0 saturated carbocycles. The number of esters is 2. The molecule has 0 rings (SSSR count). The maximum atomic E-state index is 10.4. The predicted octanol–water partition coefficient (Wildman–Crippen LogP) is 1.88. The molecule has 0 aliphatic rings. The molecule has 17 heavy (non-hydrogen) atoms. The van der Waals surface area contributed by atoms with E-state index >= 15 is 0 Å². The van der Waals surface area contributed by atoms with Gasteiger partial charge in [-0.3, -0.25) is 0 Å². The zero-order valence-electron chi connectivity index (χ0n) is 10.2. The van der Waals surface area contributed by atoms with Gasteiger partial charge in [-0.15, -0.1) is 11.1 Å². The van der Waals surface area contributed by atoms with Crippen LogP contribution in [0, 0.1) is 13.8 Å². The monoisotopic (exact) mass is 284 g/mol. The van der Waals surface area contributed by atoms with Gasteiger partial charge in [0, 0.05) is 0 Å². The summed E-state index contributed by atoms with van der Waals surface area (Å²) in [6.07, 6.45) is 0. The van der Waals surface area contributed by atoms with E-state index in [9.17, 15) is 9.59 Å². The van der Waals surface area contributed by atoms with E-state index in [1.54, 1.807) is 13.8 Å². The van der Waals surface area contributed by atoms with E-state index in [0.29, 0.717) is 13.2 Å². The molecule has 0 spiro atoms. The van der Waals surface area contributed by atoms with E-state index in [4.69, 9.17) is 0 Å². The van der Waals surface area contributed by atoms with Crippen LogP contribution in [-0.4, -0.2) is 25.2 Å². The molecule has 0 bridgehead atoms. The molecule has 4 nitrogen and oxygen atoms in total. The van der Waals surface area contributed by atoms with Crippen molar-refractivity contribution in [3.05, 3.63) is 38.2 Å². The van der Waals surface area contributed by atoms with Crippen LogP contribution >= 0.6 is 0 Å². The van der Waals surface area contributed by atoms with Crippen LogP contribution in [0.5, 0.6) is 0 Å². The molecule has 100 valence electrons. The normalized spacial score (nSPS) is 7.65. The first-order chi connectivity index (χ1) is 7.36. The number of hydrogen-bond donors (Lipinski definition) is 0. The third-order valence-electron chi connectivity index (χ3n) is 1.13. The van der Waals surface area contributed by atoms with Gasteiger partial charge in [-0.2, -0.15) is 27.0 Å². The Kier molecular flexibility index (Phi) is 15.7. The topological polar surface area (TPSA) is 52.6 Å². The minimum absolute atomic E-state index is 0. The summed E-state index contributed by atoms with van der Waals surface area (Å²) in [6.45, 7) is 17.4. The summed E-state index contributed by atoms with van der Waals surface area (Å²) >= 11 is 0. The van der Waals surface area contributed by atoms with Crippen LogP contribution < -0.4 is 0 Å². The Morgan fingerprint density at radius 1 is 0.941 bits per heavy atom. The van der Waals surface area contributed by atoms with Gasteiger partial charge in [0.25, 0.3) is 0 Å². The fourth-order valence-corrected chi connectivity index (χ4v) is 0.466. The van der Waals surface area contributed by atoms with Gasteiger partial charge in [-0.25, -0.2) is 0 Å². The average molecular weight is 285 g/mol. The molecule has 0 heterocycles. The van der Waals surface area contributed by atoms with Gasteiger partial charge in [-0.05, 0) is 13.8 Å². The van der Waals surface area contributed by atoms with Crippen molar-refractivity contribution in [2.75, 3.05) is 13.2 Å². The van der Waals surface area contributed by atoms with Gasteiger partial charge >= 0.3 is 16.5 Å². The largest absolute Gasteiger partial charge is 2.00 e. The van der Waals surface area contributed by atoms with Crippen molar-refractivity contribution in [1.29, 1.82) is 0 Å². The van der Waals surface area contributed by atoms with Gasteiger partial charge in [0.2, 0.25) is 11.9 Å². The first-order valence-electron chi connectivity index (χ1n) is 4.72. The summed E-state index contributed by atoms with van der Waals surface area (Å²) in [4.78, 5) is 20.7. The van der Waals surface area contributed by atoms with E-state index in [-0.39, 0.29) is 27.6 Å². The third kappa shape index (κ3) is 14.7. The molecule has 0 N–H and O–H groups in total. The van der Waals surface area contributed by atoms with E-state index in [1.165, 1.54) is 0 Å². The molecule has 0 unspecified atom stereocenters. The van der Waals surface area contributed by atoms with Crippen LogP contribution in [0.3, 0.4) is 0 Å². The van der Waals surface area contributed by atoms with Gasteiger partial charge in [0.1, 0.15) is 0 Å². The SMILES string of the molecule is C=C([CH2-])C(=O)OCC.C=C([CH2-])C(=O)OCC.[Ni+2]. The molecule has 0 aliphatic carbocycles. The molecule has 0 fully saturated rings. The summed E-state index contributed by atoms with van der Waals surface area (Å²) in [5.41, 5.74) is 0.402. The zero-order chi connectivity index (χ0) is 13.1. The standard InChI is InChI=1S/2C6H9O2.Ni/c2*1-4-8-6(7)5(2)3;/h2*2-4H2,1H3;/q2*-1;+2. The Bertz CT molecular complexity index is 244. The average Bonchev–Trinajstić information content (AvgIpc) is 2.19. The maximum absolute atomic E-state index is 10.4. The summed E-state index contributed by atoms with van der Waals surface area (Å²) in [5.74, 6) is -0.847. The Hall–Kier alpha value is -1.35. The number of carbonyl (C=O) groups is 2. The van der Waals surface area contributed by atoms with Gasteiger partial charge in [-0.1, -0.05) is 0 Å². The van der Waals surface area contributed by atoms with Crippen molar-refractivity contribution in [3.8, 4) is 0 Å². The van der Waals surface area contributed by atoms with E-state index in [0.717, 1.165) is 0 Å². The summed E-state index contributed by atoms with van der Waals surface area (Å²) in [7, 11) is 0. The van der Waals surface area contributed by atoms with Crippen LogP contribution in [0.1, 0.15) is 13.8 Å². The zero-order valence-corrected chi connectivity index (χ0v) is 11.2. The Morgan fingerprint density at radius 3 is 1.24 bits per heavy atom. The third-order valence-corrected chi connectivity index (χ3v) is 1.13. The number of hydrogen-bond acceptors (Lipinski definition) is 4. The smallest absolute Gasteiger partial charge is 0.520 e. The van der Waals surface area contributed by atoms with Gasteiger partial charge in [0.15, 0.2) is 0 Å². The van der Waals surface area contributed by atoms with Crippen LogP contribution in [0.25, 0.3) is 0 Å². The number of ether oxygens (including phenoxy) is 2. The minimum atomic E-state index is -0.424. The first-order valence-corrected chi connectivity index (χ1v) is 4.72. The van der Waals surface area contributed by atoms with Crippen LogP contribution in [0.15, 0.2) is 24.3 Å². The Labute approximate surface area is 113 Å². The summed E-state index contributed by atoms with van der Waals surface area (Å²) < 4.78 is 9.00. The second-order valence-corrected chi connectivity index (χ2v) is 2.65. The molecule has 0 radical (unpaired) electrons. The van der Waals surface area contributed by atoms with Crippen LogP contribution in [-0.2, 0) is 35.6 Å². The fraction of sp³-hybridized carbons (Fsp3) is 0.333. The summed E-state index contributed by atoms with van der Waals surface area (Å²) in [6, 6.07) is 0. The molecular formula is C12H18NiO4. The maximum Gasteiger partial charge on any atom is 2.00 e. The second kappa shape index (κ2) is 12.7. The number of rotatable bonds is 4. The van der Waals surface area contributed by atoms with Crippen LogP contribution in [0.2, 0.25) is 0 Å². The molecule has 0 atom stereocenters. The quantitative estimate of drug-likeness (QED) is 0.342. The molecule has 0 aromatic heterocycles. The van der Waals surface area contributed by atoms with Crippen molar-refractivity contribution in [3.63, 3.8) is 0 Å². The molecule has 0 aliphatic heterocycles. The van der Waals surface area contributed by atoms with Crippen molar-refractivity contribution in [2.24, 2.45) is 0 Å². The molecule has 5 heteroatoms. The summed E-state index contributed by atoms with van der Waals surface area (Å²) in [5, 5.41) is 0. The predicted molar refractivity (Wildman–Crippen MR) is 62.3 cm³/mol. The van der Waals surface area contributed by atoms with Crippen LogP contribution in [0.4, 0.5) is 0 Å². The molecule has 0 aromatic carbocycles. The molecule has 0 amide bonds. The molecule has 0 aromatic rings. The van der Waals surface area contributed by atoms with Crippen molar-refractivity contribution < 1.29 is 35.6 Å². The first kappa shape index (κ1) is 21.0. The molecule has 0 saturated heterocycles. The van der Waals surface area contributed by atoms with E-state index < -0.39 is 11.9 Å². The second-order valence-electron chi connectivity index (χ2n) is 2.65. The molecular weight excluding hydrogens is 267 g/mol. The number of carbonyl (C=O) groups excluding carboxylic acids is 2. The van der Waals surface area contributed by atoms with Gasteiger partial charge in [0.05, 0.1) is 13.2 Å². The van der Waals surface area contributed by atoms with Gasteiger partial charge < -0.3 is 19.1 Å². The van der Waals surface area contributed by atoms with E-state index in [2.05, 4.69) is 36.5 Å². The fourth-order valence-electron chi connectivity index (χ4n) is 0.466. The van der Waals surface area contributed by atoms with Crippen molar-refractivity contribution in [1.82, 2.24) is 0 Å². The Balaban J connectivity index is -0.000000218. The van der Waals surface area contributed by atoms with E-state index in [1.807, 2.05) is 0 Å².